The average Bonchev–Trinajstić information content (AvgIpc) is 1.62. The first-order valence-corrected chi connectivity index (χ1v) is 33.5. The van der Waals surface area contributed by atoms with Gasteiger partial charge in [-0.05, 0) is 262 Å². The van der Waals surface area contributed by atoms with Crippen LogP contribution in [0.5, 0.6) is 0 Å². The Balaban J connectivity index is -0.000000987. The number of nitrogens with zero attached hydrogens (tertiary/aromatic N) is 17. The molecule has 4 aliphatic rings. The Morgan fingerprint density at radius 2 is 0.832 bits per heavy atom. The Labute approximate surface area is 582 Å². The summed E-state index contributed by atoms with van der Waals surface area (Å²) in [6, 6.07) is 10.4. The number of amides is 1. The Kier molecular flexibility index (Phi) is 39.3. The number of ether oxygens (including phenoxy) is 1. The number of likely N-dealkylation sites (tertiary alicyclic amines) is 2. The minimum Gasteiger partial charge on any atom is -0.379 e. The van der Waals surface area contributed by atoms with Gasteiger partial charge >= 0.3 is 0 Å². The van der Waals surface area contributed by atoms with Crippen LogP contribution in [0, 0.1) is 22.2 Å². The van der Waals surface area contributed by atoms with Crippen molar-refractivity contribution in [1.29, 1.82) is 5.26 Å². The number of aromatic nitrogens is 13. The molecule has 1 amide bonds. The normalized spacial score (nSPS) is 15.7. The highest BCUT2D eigenvalue weighted by Crippen LogP contribution is 2.57. The molecule has 0 aromatic carbocycles. The van der Waals surface area contributed by atoms with Gasteiger partial charge in [0.1, 0.15) is 25.3 Å². The molecule has 0 bridgehead atoms. The molecular weight excluding hydrogens is 1180 g/mol. The van der Waals surface area contributed by atoms with Crippen molar-refractivity contribution in [2.45, 2.75) is 318 Å². The van der Waals surface area contributed by atoms with Crippen LogP contribution in [0.4, 0.5) is 0 Å². The lowest BCUT2D eigenvalue weighted by Gasteiger charge is -2.38. The number of morpholine rings is 1. The van der Waals surface area contributed by atoms with E-state index < -0.39 is 0 Å². The summed E-state index contributed by atoms with van der Waals surface area (Å²) in [6.07, 6.45) is 30.8. The van der Waals surface area contributed by atoms with Crippen LogP contribution in [0.15, 0.2) is 105 Å². The summed E-state index contributed by atoms with van der Waals surface area (Å²) < 4.78 is 17.2. The van der Waals surface area contributed by atoms with E-state index in [-0.39, 0.29) is 71.9 Å². The van der Waals surface area contributed by atoms with Crippen LogP contribution in [0.1, 0.15) is 269 Å². The number of carbonyl (C=O) groups excluding carboxylic acids is 1. The minimum absolute atomic E-state index is 0. The molecule has 19 nitrogen and oxygen atoms in total. The molecule has 0 spiro atoms. The fraction of sp³-hybridized carbons (Fsp3) is 0.750. The van der Waals surface area contributed by atoms with Gasteiger partial charge in [-0.2, -0.15) is 20.6 Å². The van der Waals surface area contributed by atoms with E-state index in [2.05, 4.69) is 281 Å². The van der Waals surface area contributed by atoms with Gasteiger partial charge in [-0.3, -0.25) is 24.0 Å². The monoisotopic (exact) mass is 1330 g/mol. The van der Waals surface area contributed by atoms with Gasteiger partial charge < -0.3 is 23.3 Å². The smallest absolute Gasteiger partial charge is 0.223 e. The topological polar surface area (TPSA) is 180 Å². The maximum atomic E-state index is 11.1. The number of hydrogen-bond donors (Lipinski definition) is 0. The summed E-state index contributed by atoms with van der Waals surface area (Å²) >= 11 is 0. The average molecular weight is 1330 g/mol. The zero-order valence-electron chi connectivity index (χ0n) is 63.9. The van der Waals surface area contributed by atoms with Gasteiger partial charge in [-0.15, -0.1) is 10.2 Å². The summed E-state index contributed by atoms with van der Waals surface area (Å²) in [6.45, 7) is 72.2. The van der Waals surface area contributed by atoms with E-state index in [4.69, 9.17) is 10.00 Å². The fourth-order valence-corrected chi connectivity index (χ4v) is 9.00. The molecular formula is C76H145N17O2. The van der Waals surface area contributed by atoms with Crippen molar-refractivity contribution >= 4 is 5.91 Å². The maximum absolute atomic E-state index is 11.1. The molecule has 19 heteroatoms. The van der Waals surface area contributed by atoms with Crippen molar-refractivity contribution < 1.29 is 9.53 Å². The molecule has 9 heterocycles. The third-order valence-corrected chi connectivity index (χ3v) is 15.6. The van der Waals surface area contributed by atoms with Crippen molar-refractivity contribution in [2.24, 2.45) is 10.8 Å². The van der Waals surface area contributed by atoms with Gasteiger partial charge in [0.2, 0.25) is 5.91 Å². The van der Waals surface area contributed by atoms with E-state index in [1.54, 1.807) is 43.9 Å². The van der Waals surface area contributed by atoms with E-state index >= 15 is 0 Å². The molecule has 0 radical (unpaired) electrons. The van der Waals surface area contributed by atoms with Crippen molar-refractivity contribution in [3.05, 3.63) is 105 Å². The quantitative estimate of drug-likeness (QED) is 0.141. The zero-order chi connectivity index (χ0) is 70.9. The Morgan fingerprint density at radius 3 is 1.01 bits per heavy atom. The lowest BCUT2D eigenvalue weighted by Crippen LogP contribution is -2.47. The van der Waals surface area contributed by atoms with Gasteiger partial charge in [0.15, 0.2) is 0 Å². The van der Waals surface area contributed by atoms with Crippen molar-refractivity contribution in [3.8, 4) is 6.07 Å². The summed E-state index contributed by atoms with van der Waals surface area (Å²) in [5.74, 6) is 0.313. The van der Waals surface area contributed by atoms with Gasteiger partial charge in [-0.1, -0.05) is 43.1 Å². The zero-order valence-corrected chi connectivity index (χ0v) is 63.9. The van der Waals surface area contributed by atoms with Crippen molar-refractivity contribution in [2.75, 3.05) is 45.9 Å². The lowest BCUT2D eigenvalue weighted by atomic mass is 9.79. The van der Waals surface area contributed by atoms with Crippen LogP contribution in [-0.4, -0.2) is 146 Å². The van der Waals surface area contributed by atoms with E-state index in [1.165, 1.54) is 25.9 Å². The summed E-state index contributed by atoms with van der Waals surface area (Å²) in [7, 11) is 0. The first kappa shape index (κ1) is 93.2. The Hall–Kier alpha value is -5.97. The predicted molar refractivity (Wildman–Crippen MR) is 401 cm³/mol. The largest absolute Gasteiger partial charge is 0.379 e. The Bertz CT molecular complexity index is 2470. The molecule has 1 aliphatic carbocycles. The molecule has 4 fully saturated rings. The first-order valence-electron chi connectivity index (χ1n) is 33.5. The fourth-order valence-electron chi connectivity index (χ4n) is 9.00. The van der Waals surface area contributed by atoms with Crippen LogP contribution < -0.4 is 0 Å². The number of rotatable bonds is 0. The third-order valence-electron chi connectivity index (χ3n) is 15.6. The molecule has 6 aromatic heterocycles. The SMILES string of the molecule is C.C.C.CC(C)(C)C1(C#N)CC1.CC(C)(C)N1CCCC1.CC(C)(C)N1CCCC1=O.CC(C)(C)N1CCOCC1.CC(C)(C)n1cccc1.CC(C)(C)n1cccn1.CC(C)(C)n1cccn1.CC(C)(C)n1ccnc1.CC(C)(C)n1cncn1.CC(C)(C)n1cnnc1. The van der Waals surface area contributed by atoms with Crippen LogP contribution in [-0.2, 0) is 42.8 Å². The molecule has 3 aliphatic heterocycles. The molecule has 6 aromatic rings. The van der Waals surface area contributed by atoms with Crippen LogP contribution in [0.2, 0.25) is 0 Å². The van der Waals surface area contributed by atoms with Crippen LogP contribution >= 0.6 is 0 Å². The highest BCUT2D eigenvalue weighted by atomic mass is 16.5. The minimum atomic E-state index is 0. The van der Waals surface area contributed by atoms with Gasteiger partial charge in [0.25, 0.3) is 0 Å². The number of imidazole rings is 1. The van der Waals surface area contributed by atoms with Gasteiger partial charge in [0.05, 0.1) is 47.6 Å². The highest BCUT2D eigenvalue weighted by Gasteiger charge is 2.52. The lowest BCUT2D eigenvalue weighted by molar-refractivity contribution is -0.131. The first-order chi connectivity index (χ1) is 41.9. The number of carbonyl (C=O) groups is 1. The summed E-state index contributed by atoms with van der Waals surface area (Å²) in [5.41, 5.74) is 1.86. The third kappa shape index (κ3) is 37.4. The second-order valence-corrected chi connectivity index (χ2v) is 34.1. The molecule has 95 heavy (non-hydrogen) atoms. The van der Waals surface area contributed by atoms with Crippen LogP contribution in [0.25, 0.3) is 0 Å². The van der Waals surface area contributed by atoms with Gasteiger partial charge in [-0.25, -0.2) is 14.6 Å². The highest BCUT2D eigenvalue weighted by molar-refractivity contribution is 5.78. The van der Waals surface area contributed by atoms with E-state index in [1.807, 2.05) is 72.7 Å². The van der Waals surface area contributed by atoms with Crippen LogP contribution in [0.3, 0.4) is 0 Å². The molecule has 3 saturated heterocycles. The number of nitriles is 1. The molecule has 546 valence electrons. The maximum Gasteiger partial charge on any atom is 0.223 e. The molecule has 0 N–H and O–H groups in total. The molecule has 1 saturated carbocycles. The van der Waals surface area contributed by atoms with E-state index in [9.17, 15) is 4.79 Å². The molecule has 0 unspecified atom stereocenters. The standard InChI is InChI=1S/C8H17NO.C8H15NO.C8H13N.C8H17N.C8H13N.3C7H12N2.2C6H11N3.3CH4/c1-8(2,3)9-4-6-10-7-5-9;1-8(2,3)9-6-4-5-7(9)10;1-7(2,3)8(6-9)4-5-8;2*1-8(2,3)9-6-4-5-7-9;1-7(2,3)9-5-4-8-6-9;2*1-7(2,3)9-6-4-5-8-9;1-6(2,3)9-4-7-8-5-9;1-6(2,3)9-5-7-4-8-9;;;/h4-7H2,1-3H3;4-6H2,1-3H3;4-5H2,1-3H3;4-7H2,1-3H3;4-7H,1-3H3;3*4-6H,1-3H3;2*4-5H,1-3H3;3*1H4. The Morgan fingerprint density at radius 1 is 0.411 bits per heavy atom. The summed E-state index contributed by atoms with van der Waals surface area (Å²) in [4.78, 5) is 25.9. The molecule has 0 atom stereocenters. The second kappa shape index (κ2) is 40.0. The van der Waals surface area contributed by atoms with Crippen molar-refractivity contribution in [1.82, 2.24) is 77.9 Å². The van der Waals surface area contributed by atoms with Crippen molar-refractivity contribution in [3.63, 3.8) is 0 Å². The number of hydrogen-bond acceptors (Lipinski definition) is 12. The summed E-state index contributed by atoms with van der Waals surface area (Å²) in [5, 5.41) is 28.3. The van der Waals surface area contributed by atoms with Gasteiger partial charge in [0, 0.05) is 109 Å². The van der Waals surface area contributed by atoms with E-state index in [0.29, 0.717) is 17.0 Å². The molecule has 10 rings (SSSR count). The second-order valence-electron chi connectivity index (χ2n) is 34.1. The van der Waals surface area contributed by atoms with E-state index in [0.717, 1.165) is 58.5 Å². The predicted octanol–water partition coefficient (Wildman–Crippen LogP) is 17.9.